The summed E-state index contributed by atoms with van der Waals surface area (Å²) in [6.45, 7) is 1.93. The van der Waals surface area contributed by atoms with Gasteiger partial charge in [0.15, 0.2) is 0 Å². The molecule has 3 nitrogen and oxygen atoms in total. The van der Waals surface area contributed by atoms with Crippen LogP contribution < -0.4 is 0 Å². The van der Waals surface area contributed by atoms with Gasteiger partial charge in [0.05, 0.1) is 5.92 Å². The lowest BCUT2D eigenvalue weighted by Crippen LogP contribution is -2.24. The van der Waals surface area contributed by atoms with E-state index in [9.17, 15) is 14.7 Å². The van der Waals surface area contributed by atoms with Gasteiger partial charge in [-0.15, -0.1) is 0 Å². The minimum Gasteiger partial charge on any atom is -0.481 e. The summed E-state index contributed by atoms with van der Waals surface area (Å²) in [4.78, 5) is 23.8. The minimum absolute atomic E-state index is 0.0545. The van der Waals surface area contributed by atoms with Crippen LogP contribution >= 0.6 is 0 Å². The summed E-state index contributed by atoms with van der Waals surface area (Å²) in [6, 6.07) is 10.1. The number of hydrogen-bond acceptors (Lipinski definition) is 2. The van der Waals surface area contributed by atoms with Gasteiger partial charge < -0.3 is 5.11 Å². The maximum Gasteiger partial charge on any atom is 0.307 e. The number of Topliss-reactive ketones (excluding diaryl/α,β-unsaturated/α-hetero) is 1. The van der Waals surface area contributed by atoms with Crippen LogP contribution in [-0.4, -0.2) is 16.9 Å². The van der Waals surface area contributed by atoms with E-state index in [1.165, 1.54) is 5.56 Å². The molecule has 0 aliphatic heterocycles. The topological polar surface area (TPSA) is 54.4 Å². The molecule has 0 spiro atoms. The molecule has 3 rings (SSSR count). The number of hydrogen-bond donors (Lipinski definition) is 1. The average molecular weight is 284 g/mol. The molecular formula is C18H20O3. The van der Waals surface area contributed by atoms with E-state index >= 15 is 0 Å². The second kappa shape index (κ2) is 5.14. The minimum atomic E-state index is -0.804. The first-order valence-corrected chi connectivity index (χ1v) is 7.59. The standard InChI is InChI=1S/C18H20O3/c1-2-18-14(15(18)17(20)21)11-13(16(18)19)10-6-9-12-7-4-3-5-8-12/h3-8,10,13-15H,2,9,11H2,1H3,(H,20,21). The Morgan fingerprint density at radius 1 is 1.38 bits per heavy atom. The molecule has 0 heterocycles. The van der Waals surface area contributed by atoms with Gasteiger partial charge in [0, 0.05) is 11.3 Å². The Labute approximate surface area is 124 Å². The molecular weight excluding hydrogens is 264 g/mol. The molecule has 0 radical (unpaired) electrons. The predicted molar refractivity (Wildman–Crippen MR) is 79.7 cm³/mol. The highest BCUT2D eigenvalue weighted by Crippen LogP contribution is 2.69. The molecule has 1 N–H and O–H groups in total. The molecule has 2 fully saturated rings. The lowest BCUT2D eigenvalue weighted by atomic mass is 9.89. The Balaban J connectivity index is 1.65. The molecule has 1 aromatic rings. The fraction of sp³-hybridized carbons (Fsp3) is 0.444. The Bertz CT molecular complexity index is 590. The summed E-state index contributed by atoms with van der Waals surface area (Å²) < 4.78 is 0. The molecule has 0 aromatic heterocycles. The number of carboxylic acids is 1. The number of carboxylic acid groups (broad SMARTS) is 1. The Morgan fingerprint density at radius 3 is 2.67 bits per heavy atom. The van der Waals surface area contributed by atoms with Gasteiger partial charge in [-0.3, -0.25) is 9.59 Å². The number of aliphatic carboxylic acids is 1. The van der Waals surface area contributed by atoms with Crippen molar-refractivity contribution in [3.05, 3.63) is 48.0 Å². The zero-order valence-electron chi connectivity index (χ0n) is 12.2. The van der Waals surface area contributed by atoms with Crippen LogP contribution in [0, 0.1) is 23.2 Å². The fourth-order valence-electron chi connectivity index (χ4n) is 4.12. The molecule has 2 aliphatic carbocycles. The van der Waals surface area contributed by atoms with Gasteiger partial charge in [0.1, 0.15) is 5.78 Å². The number of carbonyl (C=O) groups is 2. The van der Waals surface area contributed by atoms with Gasteiger partial charge in [-0.05, 0) is 30.7 Å². The highest BCUT2D eigenvalue weighted by Gasteiger charge is 2.75. The summed E-state index contributed by atoms with van der Waals surface area (Å²) in [5.74, 6) is -1.13. The van der Waals surface area contributed by atoms with Crippen molar-refractivity contribution < 1.29 is 14.7 Å². The first kappa shape index (κ1) is 14.1. The first-order valence-electron chi connectivity index (χ1n) is 7.59. The van der Waals surface area contributed by atoms with Crippen molar-refractivity contribution in [3.8, 4) is 0 Å². The molecule has 0 bridgehead atoms. The number of carbonyl (C=O) groups excluding carboxylic acids is 1. The number of allylic oxidation sites excluding steroid dienone is 2. The van der Waals surface area contributed by atoms with E-state index in [0.717, 1.165) is 6.42 Å². The van der Waals surface area contributed by atoms with Crippen LogP contribution in [0.2, 0.25) is 0 Å². The quantitative estimate of drug-likeness (QED) is 0.845. The maximum atomic E-state index is 12.5. The zero-order chi connectivity index (χ0) is 15.0. The van der Waals surface area contributed by atoms with Crippen LogP contribution in [0.5, 0.6) is 0 Å². The van der Waals surface area contributed by atoms with Crippen LogP contribution in [0.3, 0.4) is 0 Å². The number of fused-ring (bicyclic) bond motifs is 1. The predicted octanol–water partition coefficient (Wildman–Crippen LogP) is 3.10. The monoisotopic (exact) mass is 284 g/mol. The van der Waals surface area contributed by atoms with Gasteiger partial charge in [0.2, 0.25) is 0 Å². The summed E-state index contributed by atoms with van der Waals surface area (Å²) >= 11 is 0. The Morgan fingerprint density at radius 2 is 2.10 bits per heavy atom. The van der Waals surface area contributed by atoms with Crippen molar-refractivity contribution >= 4 is 11.8 Å². The van der Waals surface area contributed by atoms with Crippen LogP contribution in [0.25, 0.3) is 0 Å². The van der Waals surface area contributed by atoms with E-state index in [1.54, 1.807) is 0 Å². The molecule has 1 aromatic carbocycles. The number of rotatable bonds is 5. The van der Waals surface area contributed by atoms with Gasteiger partial charge in [0.25, 0.3) is 0 Å². The summed E-state index contributed by atoms with van der Waals surface area (Å²) in [5.41, 5.74) is 0.658. The van der Waals surface area contributed by atoms with Crippen LogP contribution in [-0.2, 0) is 16.0 Å². The van der Waals surface area contributed by atoms with E-state index in [-0.39, 0.29) is 17.6 Å². The summed E-state index contributed by atoms with van der Waals surface area (Å²) in [5, 5.41) is 9.21. The van der Waals surface area contributed by atoms with Gasteiger partial charge in [-0.2, -0.15) is 0 Å². The number of ketones is 1. The number of benzene rings is 1. The molecule has 4 atom stereocenters. The van der Waals surface area contributed by atoms with Crippen molar-refractivity contribution in [2.75, 3.05) is 0 Å². The average Bonchev–Trinajstić information content (AvgIpc) is 3.07. The highest BCUT2D eigenvalue weighted by atomic mass is 16.4. The van der Waals surface area contributed by atoms with Crippen LogP contribution in [0.15, 0.2) is 42.5 Å². The van der Waals surface area contributed by atoms with Crippen molar-refractivity contribution in [1.82, 2.24) is 0 Å². The van der Waals surface area contributed by atoms with E-state index in [1.807, 2.05) is 37.3 Å². The van der Waals surface area contributed by atoms with Crippen LogP contribution in [0.4, 0.5) is 0 Å². The molecule has 2 aliphatic rings. The zero-order valence-corrected chi connectivity index (χ0v) is 12.2. The molecule has 0 saturated heterocycles. The molecule has 21 heavy (non-hydrogen) atoms. The van der Waals surface area contributed by atoms with Crippen LogP contribution in [0.1, 0.15) is 25.3 Å². The molecule has 110 valence electrons. The highest BCUT2D eigenvalue weighted by molar-refractivity contribution is 6.00. The molecule has 3 heteroatoms. The smallest absolute Gasteiger partial charge is 0.307 e. The van der Waals surface area contributed by atoms with Crippen molar-refractivity contribution in [3.63, 3.8) is 0 Å². The van der Waals surface area contributed by atoms with E-state index in [2.05, 4.69) is 12.1 Å². The van der Waals surface area contributed by atoms with Crippen molar-refractivity contribution in [1.29, 1.82) is 0 Å². The lowest BCUT2D eigenvalue weighted by molar-refractivity contribution is -0.142. The second-order valence-electron chi connectivity index (χ2n) is 6.14. The van der Waals surface area contributed by atoms with E-state index in [4.69, 9.17) is 0 Å². The maximum absolute atomic E-state index is 12.5. The van der Waals surface area contributed by atoms with E-state index in [0.29, 0.717) is 12.8 Å². The largest absolute Gasteiger partial charge is 0.481 e. The third-order valence-electron chi connectivity index (χ3n) is 5.23. The molecule has 4 unspecified atom stereocenters. The van der Waals surface area contributed by atoms with Gasteiger partial charge >= 0.3 is 5.97 Å². The second-order valence-corrected chi connectivity index (χ2v) is 6.14. The Kier molecular flexibility index (Phi) is 3.44. The van der Waals surface area contributed by atoms with E-state index < -0.39 is 17.3 Å². The first-order chi connectivity index (χ1) is 10.1. The summed E-state index contributed by atoms with van der Waals surface area (Å²) in [7, 11) is 0. The van der Waals surface area contributed by atoms with Crippen molar-refractivity contribution in [2.45, 2.75) is 26.2 Å². The normalized spacial score (nSPS) is 34.1. The SMILES string of the molecule is CCC12C(=O)C(C=CCc3ccccc3)CC1C2C(=O)O. The van der Waals surface area contributed by atoms with Gasteiger partial charge in [-0.1, -0.05) is 49.4 Å². The third kappa shape index (κ3) is 2.11. The molecule has 2 saturated carbocycles. The third-order valence-corrected chi connectivity index (χ3v) is 5.23. The van der Waals surface area contributed by atoms with Crippen molar-refractivity contribution in [2.24, 2.45) is 23.2 Å². The Hall–Kier alpha value is -1.90. The fourth-order valence-corrected chi connectivity index (χ4v) is 4.12. The summed E-state index contributed by atoms with van der Waals surface area (Å²) in [6.07, 6.45) is 6.20. The molecule has 0 amide bonds. The van der Waals surface area contributed by atoms with Gasteiger partial charge in [-0.25, -0.2) is 0 Å². The lowest BCUT2D eigenvalue weighted by Gasteiger charge is -2.13.